The van der Waals surface area contributed by atoms with Gasteiger partial charge in [0, 0.05) is 36.6 Å². The number of rotatable bonds is 12. The predicted molar refractivity (Wildman–Crippen MR) is 144 cm³/mol. The summed E-state index contributed by atoms with van der Waals surface area (Å²) in [7, 11) is 0. The van der Waals surface area contributed by atoms with Crippen LogP contribution in [0.3, 0.4) is 0 Å². The van der Waals surface area contributed by atoms with Crippen molar-refractivity contribution in [2.45, 2.75) is 38.5 Å². The minimum Gasteiger partial charge on any atom is -0.361 e. The van der Waals surface area contributed by atoms with Crippen LogP contribution in [0.15, 0.2) is 79.0 Å². The van der Waals surface area contributed by atoms with Gasteiger partial charge in [-0.2, -0.15) is 0 Å². The van der Waals surface area contributed by atoms with Gasteiger partial charge in [-0.15, -0.1) is 0 Å². The first-order valence-electron chi connectivity index (χ1n) is 12.4. The summed E-state index contributed by atoms with van der Waals surface area (Å²) in [6.45, 7) is 2.13. The number of H-pyrrole nitrogens is 1. The molecule has 0 aliphatic carbocycles. The van der Waals surface area contributed by atoms with E-state index < -0.39 is 0 Å². The molecule has 3 aromatic carbocycles. The van der Waals surface area contributed by atoms with Crippen LogP contribution in [0.5, 0.6) is 0 Å². The van der Waals surface area contributed by atoms with Crippen LogP contribution in [0.1, 0.15) is 43.2 Å². The summed E-state index contributed by atoms with van der Waals surface area (Å²) < 4.78 is 0. The highest BCUT2D eigenvalue weighted by Gasteiger charge is 2.12. The van der Waals surface area contributed by atoms with Crippen molar-refractivity contribution in [1.29, 1.82) is 0 Å². The highest BCUT2D eigenvalue weighted by Crippen LogP contribution is 2.20. The molecule has 0 aliphatic rings. The van der Waals surface area contributed by atoms with Crippen LogP contribution in [0.2, 0.25) is 0 Å². The van der Waals surface area contributed by atoms with Gasteiger partial charge in [0.2, 0.25) is 5.91 Å². The molecule has 176 valence electrons. The van der Waals surface area contributed by atoms with Gasteiger partial charge in [0.1, 0.15) is 0 Å². The number of unbranched alkanes of at least 4 members (excludes halogenated alkanes) is 2. The van der Waals surface area contributed by atoms with Crippen LogP contribution in [0.4, 0.5) is 0 Å². The zero-order chi connectivity index (χ0) is 23.6. The molecule has 0 aliphatic heterocycles. The minimum atomic E-state index is 0.232. The lowest BCUT2D eigenvalue weighted by Crippen LogP contribution is -2.32. The summed E-state index contributed by atoms with van der Waals surface area (Å²) in [6.07, 6.45) is 11.7. The van der Waals surface area contributed by atoms with Crippen molar-refractivity contribution in [3.63, 3.8) is 0 Å². The maximum atomic E-state index is 13.1. The molecule has 0 saturated carbocycles. The predicted octanol–water partition coefficient (Wildman–Crippen LogP) is 6.31. The van der Waals surface area contributed by atoms with Crippen molar-refractivity contribution in [2.75, 3.05) is 19.6 Å². The van der Waals surface area contributed by atoms with E-state index in [0.29, 0.717) is 19.5 Å². The van der Waals surface area contributed by atoms with Crippen LogP contribution in [-0.2, 0) is 11.2 Å². The maximum absolute atomic E-state index is 13.1. The molecular formula is C30H35N3O. The number of nitrogens with two attached hydrogens (primary N) is 1. The van der Waals surface area contributed by atoms with Gasteiger partial charge in [0.25, 0.3) is 0 Å². The average molecular weight is 454 g/mol. The second-order valence-corrected chi connectivity index (χ2v) is 8.91. The quantitative estimate of drug-likeness (QED) is 0.247. The van der Waals surface area contributed by atoms with Gasteiger partial charge >= 0.3 is 0 Å². The lowest BCUT2D eigenvalue weighted by Gasteiger charge is -2.21. The van der Waals surface area contributed by atoms with E-state index in [1.165, 1.54) is 21.7 Å². The number of aromatic amines is 1. The molecule has 0 fully saturated rings. The number of para-hydroxylation sites is 1. The fraction of sp³-hybridized carbons (Fsp3) is 0.300. The Morgan fingerprint density at radius 1 is 0.912 bits per heavy atom. The number of hydrogen-bond acceptors (Lipinski definition) is 2. The molecule has 1 aromatic heterocycles. The molecule has 4 aromatic rings. The van der Waals surface area contributed by atoms with Crippen LogP contribution >= 0.6 is 0 Å². The lowest BCUT2D eigenvalue weighted by atomic mass is 10.1. The first-order chi connectivity index (χ1) is 16.7. The third-order valence-electron chi connectivity index (χ3n) is 6.41. The number of nitrogens with one attached hydrogen (secondary N) is 1. The van der Waals surface area contributed by atoms with Crippen molar-refractivity contribution >= 4 is 33.7 Å². The number of carbonyl (C=O) groups is 1. The van der Waals surface area contributed by atoms with Gasteiger partial charge in [0.05, 0.1) is 0 Å². The van der Waals surface area contributed by atoms with Crippen molar-refractivity contribution in [3.05, 3.63) is 90.1 Å². The summed E-state index contributed by atoms with van der Waals surface area (Å²) >= 11 is 0. The number of nitrogens with zero attached hydrogens (tertiary/aromatic N) is 1. The zero-order valence-electron chi connectivity index (χ0n) is 19.9. The van der Waals surface area contributed by atoms with Crippen molar-refractivity contribution in [1.82, 2.24) is 9.88 Å². The van der Waals surface area contributed by atoms with E-state index in [1.807, 2.05) is 11.0 Å². The summed E-state index contributed by atoms with van der Waals surface area (Å²) in [6, 6.07) is 23.2. The van der Waals surface area contributed by atoms with Crippen molar-refractivity contribution < 1.29 is 4.79 Å². The molecule has 4 heteroatoms. The van der Waals surface area contributed by atoms with E-state index in [-0.39, 0.29) is 5.91 Å². The topological polar surface area (TPSA) is 62.1 Å². The number of benzene rings is 3. The summed E-state index contributed by atoms with van der Waals surface area (Å²) in [5.74, 6) is 0.232. The molecule has 0 radical (unpaired) electrons. The molecule has 3 N–H and O–H groups in total. The summed E-state index contributed by atoms with van der Waals surface area (Å²) in [4.78, 5) is 18.4. The molecule has 4 rings (SSSR count). The van der Waals surface area contributed by atoms with E-state index in [0.717, 1.165) is 49.7 Å². The van der Waals surface area contributed by atoms with Gasteiger partial charge in [-0.3, -0.25) is 4.79 Å². The molecule has 1 heterocycles. The van der Waals surface area contributed by atoms with Crippen molar-refractivity contribution in [2.24, 2.45) is 5.73 Å². The smallest absolute Gasteiger partial charge is 0.222 e. The molecule has 4 nitrogen and oxygen atoms in total. The first-order valence-corrected chi connectivity index (χ1v) is 12.4. The fourth-order valence-electron chi connectivity index (χ4n) is 4.50. The molecule has 0 bridgehead atoms. The number of aromatic nitrogens is 1. The largest absolute Gasteiger partial charge is 0.361 e. The normalized spacial score (nSPS) is 11.6. The Kier molecular flexibility index (Phi) is 8.53. The van der Waals surface area contributed by atoms with Gasteiger partial charge in [0.15, 0.2) is 0 Å². The van der Waals surface area contributed by atoms with E-state index >= 15 is 0 Å². The highest BCUT2D eigenvalue weighted by molar-refractivity contribution is 5.85. The van der Waals surface area contributed by atoms with Crippen LogP contribution < -0.4 is 5.73 Å². The molecule has 1 amide bonds. The second kappa shape index (κ2) is 12.2. The SMILES string of the molecule is NCCCCCN(C/C=C/c1ccc2ccccc2c1)C(=O)CCCc1c[nH]c2ccccc12. The minimum absolute atomic E-state index is 0.232. The molecular weight excluding hydrogens is 418 g/mol. The van der Waals surface area contributed by atoms with E-state index in [2.05, 4.69) is 84.0 Å². The summed E-state index contributed by atoms with van der Waals surface area (Å²) in [5.41, 5.74) is 9.25. The number of hydrogen-bond donors (Lipinski definition) is 2. The summed E-state index contributed by atoms with van der Waals surface area (Å²) in [5, 5.41) is 3.73. The molecule has 0 atom stereocenters. The van der Waals surface area contributed by atoms with Crippen LogP contribution in [0.25, 0.3) is 27.8 Å². The number of amides is 1. The average Bonchev–Trinajstić information content (AvgIpc) is 3.28. The standard InChI is InChI=1S/C30H35N3O/c31-19-6-1-7-20-33(21-9-10-24-17-18-25-11-2-3-12-26(25)22-24)30(34)16-8-13-27-23-32-29-15-5-4-14-28(27)29/h2-5,9-12,14-15,17-18,22-23,32H,1,6-8,13,16,19-21,31H2/b10-9+. The Morgan fingerprint density at radius 2 is 1.74 bits per heavy atom. The van der Waals surface area contributed by atoms with Gasteiger partial charge in [-0.05, 0) is 66.3 Å². The third-order valence-corrected chi connectivity index (χ3v) is 6.41. The van der Waals surface area contributed by atoms with Gasteiger partial charge in [-0.25, -0.2) is 0 Å². The molecule has 0 spiro atoms. The van der Waals surface area contributed by atoms with Gasteiger partial charge < -0.3 is 15.6 Å². The monoisotopic (exact) mass is 453 g/mol. The van der Waals surface area contributed by atoms with E-state index in [9.17, 15) is 4.79 Å². The number of fused-ring (bicyclic) bond motifs is 2. The molecule has 34 heavy (non-hydrogen) atoms. The van der Waals surface area contributed by atoms with E-state index in [4.69, 9.17) is 5.73 Å². The molecule has 0 unspecified atom stereocenters. The fourth-order valence-corrected chi connectivity index (χ4v) is 4.50. The first kappa shape index (κ1) is 23.8. The third kappa shape index (κ3) is 6.36. The second-order valence-electron chi connectivity index (χ2n) is 8.91. The van der Waals surface area contributed by atoms with Crippen molar-refractivity contribution in [3.8, 4) is 0 Å². The highest BCUT2D eigenvalue weighted by atomic mass is 16.2. The Labute approximate surface area is 202 Å². The van der Waals surface area contributed by atoms with Gasteiger partial charge in [-0.1, -0.05) is 73.2 Å². The number of aryl methyl sites for hydroxylation is 1. The Hall–Kier alpha value is -3.37. The number of carbonyl (C=O) groups excluding carboxylic acids is 1. The Balaban J connectivity index is 1.34. The zero-order valence-corrected chi connectivity index (χ0v) is 19.9. The Bertz CT molecular complexity index is 1240. The Morgan fingerprint density at radius 3 is 2.62 bits per heavy atom. The maximum Gasteiger partial charge on any atom is 0.222 e. The van der Waals surface area contributed by atoms with Crippen LogP contribution in [-0.4, -0.2) is 35.4 Å². The van der Waals surface area contributed by atoms with Crippen LogP contribution in [0, 0.1) is 0 Å². The van der Waals surface area contributed by atoms with E-state index in [1.54, 1.807) is 0 Å². The molecule has 0 saturated heterocycles. The lowest BCUT2D eigenvalue weighted by molar-refractivity contribution is -0.130.